The first-order valence-electron chi connectivity index (χ1n) is 7.04. The number of amides is 1. The molecule has 24 heavy (non-hydrogen) atoms. The fraction of sp³-hybridized carbons (Fsp3) is 0.176. The van der Waals surface area contributed by atoms with Gasteiger partial charge in [-0.1, -0.05) is 17.7 Å². The van der Waals surface area contributed by atoms with Crippen LogP contribution in [-0.2, 0) is 9.53 Å². The molecule has 0 aromatic heterocycles. The molecular weight excluding hydrogens is 337 g/mol. The quantitative estimate of drug-likeness (QED) is 0.824. The predicted octanol–water partition coefficient (Wildman–Crippen LogP) is 3.68. The molecule has 2 N–H and O–H groups in total. The van der Waals surface area contributed by atoms with Gasteiger partial charge in [-0.05, 0) is 49.7 Å². The Morgan fingerprint density at radius 3 is 2.58 bits per heavy atom. The second kappa shape index (κ2) is 7.31. The second-order valence-electron chi connectivity index (χ2n) is 5.18. The number of hydrogen-bond acceptors (Lipinski definition) is 4. The van der Waals surface area contributed by atoms with Crippen molar-refractivity contribution < 1.29 is 23.8 Å². The molecule has 0 radical (unpaired) electrons. The van der Waals surface area contributed by atoms with Gasteiger partial charge in [-0.15, -0.1) is 0 Å². The molecule has 2 aromatic rings. The van der Waals surface area contributed by atoms with Gasteiger partial charge >= 0.3 is 5.97 Å². The third kappa shape index (κ3) is 4.23. The second-order valence-corrected chi connectivity index (χ2v) is 5.62. The molecule has 2 aromatic carbocycles. The minimum absolute atomic E-state index is 0.0575. The maximum atomic E-state index is 13.7. The van der Waals surface area contributed by atoms with E-state index in [1.807, 2.05) is 0 Å². The SMILES string of the molecule is Cc1ccc(C(=O)O[C@H](C)C(=O)Nc2ccc(Cl)cc2F)c(O)c1. The lowest BCUT2D eigenvalue weighted by Crippen LogP contribution is -2.30. The van der Waals surface area contributed by atoms with Gasteiger partial charge in [0.15, 0.2) is 6.10 Å². The smallest absolute Gasteiger partial charge is 0.342 e. The number of aromatic hydroxyl groups is 1. The highest BCUT2D eigenvalue weighted by molar-refractivity contribution is 6.30. The molecule has 0 bridgehead atoms. The van der Waals surface area contributed by atoms with E-state index in [1.165, 1.54) is 31.2 Å². The topological polar surface area (TPSA) is 75.6 Å². The number of phenols is 1. The van der Waals surface area contributed by atoms with Crippen LogP contribution in [0, 0.1) is 12.7 Å². The molecule has 0 aliphatic rings. The van der Waals surface area contributed by atoms with E-state index in [-0.39, 0.29) is 22.0 Å². The lowest BCUT2D eigenvalue weighted by molar-refractivity contribution is -0.123. The summed E-state index contributed by atoms with van der Waals surface area (Å²) in [6, 6.07) is 8.21. The Morgan fingerprint density at radius 1 is 1.25 bits per heavy atom. The molecule has 0 heterocycles. The fourth-order valence-corrected chi connectivity index (χ4v) is 2.08. The van der Waals surface area contributed by atoms with Crippen LogP contribution < -0.4 is 5.32 Å². The highest BCUT2D eigenvalue weighted by atomic mass is 35.5. The number of carbonyl (C=O) groups is 2. The summed E-state index contributed by atoms with van der Waals surface area (Å²) in [6.45, 7) is 3.10. The Bertz CT molecular complexity index is 794. The zero-order valence-corrected chi connectivity index (χ0v) is 13.7. The van der Waals surface area contributed by atoms with Gasteiger partial charge in [-0.3, -0.25) is 4.79 Å². The zero-order chi connectivity index (χ0) is 17.9. The number of phenolic OH excluding ortho intramolecular Hbond substituents is 1. The molecule has 0 unspecified atom stereocenters. The van der Waals surface area contributed by atoms with E-state index in [9.17, 15) is 19.1 Å². The zero-order valence-electron chi connectivity index (χ0n) is 13.0. The molecule has 0 aliphatic heterocycles. The predicted molar refractivity (Wildman–Crippen MR) is 87.8 cm³/mol. The van der Waals surface area contributed by atoms with Gasteiger partial charge in [-0.2, -0.15) is 0 Å². The number of anilines is 1. The molecular formula is C17H15ClFNO4. The number of hydrogen-bond donors (Lipinski definition) is 2. The molecule has 2 rings (SSSR count). The summed E-state index contributed by atoms with van der Waals surface area (Å²) in [5.74, 6) is -2.51. The number of carbonyl (C=O) groups excluding carboxylic acids is 2. The van der Waals surface area contributed by atoms with Crippen LogP contribution in [0.1, 0.15) is 22.8 Å². The number of nitrogens with one attached hydrogen (secondary N) is 1. The highest BCUT2D eigenvalue weighted by Crippen LogP contribution is 2.21. The highest BCUT2D eigenvalue weighted by Gasteiger charge is 2.21. The van der Waals surface area contributed by atoms with Crippen molar-refractivity contribution in [2.75, 3.05) is 5.32 Å². The number of ether oxygens (including phenoxy) is 1. The minimum Gasteiger partial charge on any atom is -0.507 e. The third-order valence-corrected chi connectivity index (χ3v) is 3.45. The van der Waals surface area contributed by atoms with E-state index in [0.29, 0.717) is 0 Å². The van der Waals surface area contributed by atoms with Crippen molar-refractivity contribution in [1.29, 1.82) is 0 Å². The van der Waals surface area contributed by atoms with E-state index in [2.05, 4.69) is 5.32 Å². The summed E-state index contributed by atoms with van der Waals surface area (Å²) < 4.78 is 18.6. The monoisotopic (exact) mass is 351 g/mol. The Labute approximate surface area is 143 Å². The van der Waals surface area contributed by atoms with Crippen LogP contribution in [0.4, 0.5) is 10.1 Å². The van der Waals surface area contributed by atoms with Gasteiger partial charge in [0.1, 0.15) is 17.1 Å². The summed E-state index contributed by atoms with van der Waals surface area (Å²) >= 11 is 5.63. The van der Waals surface area contributed by atoms with Crippen LogP contribution in [0.3, 0.4) is 0 Å². The first kappa shape index (κ1) is 17.7. The van der Waals surface area contributed by atoms with Crippen molar-refractivity contribution in [1.82, 2.24) is 0 Å². The number of rotatable bonds is 4. The Balaban J connectivity index is 2.04. The van der Waals surface area contributed by atoms with Crippen molar-refractivity contribution >= 4 is 29.2 Å². The molecule has 0 saturated carbocycles. The van der Waals surface area contributed by atoms with Gasteiger partial charge in [-0.25, -0.2) is 9.18 Å². The fourth-order valence-electron chi connectivity index (χ4n) is 1.92. The average Bonchev–Trinajstić information content (AvgIpc) is 2.49. The summed E-state index contributed by atoms with van der Waals surface area (Å²) in [6.07, 6.45) is -1.19. The number of esters is 1. The Hall–Kier alpha value is -2.60. The molecule has 7 heteroatoms. The third-order valence-electron chi connectivity index (χ3n) is 3.22. The Kier molecular flexibility index (Phi) is 5.41. The molecule has 0 aliphatic carbocycles. The Morgan fingerprint density at radius 2 is 1.96 bits per heavy atom. The van der Waals surface area contributed by atoms with Crippen LogP contribution in [0.25, 0.3) is 0 Å². The summed E-state index contributed by atoms with van der Waals surface area (Å²) in [7, 11) is 0. The van der Waals surface area contributed by atoms with Gasteiger partial charge in [0.05, 0.1) is 5.69 Å². The summed E-state index contributed by atoms with van der Waals surface area (Å²) in [4.78, 5) is 24.0. The standard InChI is InChI=1S/C17H15ClFNO4/c1-9-3-5-12(15(21)7-9)17(23)24-10(2)16(22)20-14-6-4-11(18)8-13(14)19/h3-8,10,21H,1-2H3,(H,20,22)/t10-/m1/s1. The maximum absolute atomic E-state index is 13.7. The summed E-state index contributed by atoms with van der Waals surface area (Å²) in [5.41, 5.74) is 0.636. The minimum atomic E-state index is -1.19. The molecule has 1 atom stereocenters. The largest absolute Gasteiger partial charge is 0.507 e. The van der Waals surface area contributed by atoms with E-state index in [4.69, 9.17) is 16.3 Å². The molecule has 0 fully saturated rings. The average molecular weight is 352 g/mol. The first-order chi connectivity index (χ1) is 11.3. The molecule has 126 valence electrons. The summed E-state index contributed by atoms with van der Waals surface area (Å²) in [5, 5.41) is 12.2. The lowest BCUT2D eigenvalue weighted by Gasteiger charge is -2.14. The van der Waals surface area contributed by atoms with Crippen molar-refractivity contribution in [3.63, 3.8) is 0 Å². The van der Waals surface area contributed by atoms with Gasteiger partial charge in [0.2, 0.25) is 0 Å². The maximum Gasteiger partial charge on any atom is 0.342 e. The van der Waals surface area contributed by atoms with E-state index in [1.54, 1.807) is 13.0 Å². The van der Waals surface area contributed by atoms with Crippen LogP contribution in [0.2, 0.25) is 5.02 Å². The van der Waals surface area contributed by atoms with E-state index >= 15 is 0 Å². The van der Waals surface area contributed by atoms with Gasteiger partial charge < -0.3 is 15.2 Å². The normalized spacial score (nSPS) is 11.7. The van der Waals surface area contributed by atoms with Crippen molar-refractivity contribution in [2.24, 2.45) is 0 Å². The van der Waals surface area contributed by atoms with Gasteiger partial charge in [0, 0.05) is 5.02 Å². The van der Waals surface area contributed by atoms with Crippen LogP contribution in [0.15, 0.2) is 36.4 Å². The number of halogens is 2. The van der Waals surface area contributed by atoms with Crippen molar-refractivity contribution in [3.8, 4) is 5.75 Å². The molecule has 5 nitrogen and oxygen atoms in total. The number of aryl methyl sites for hydroxylation is 1. The van der Waals surface area contributed by atoms with Crippen LogP contribution in [-0.4, -0.2) is 23.1 Å². The first-order valence-corrected chi connectivity index (χ1v) is 7.42. The molecule has 0 spiro atoms. The van der Waals surface area contributed by atoms with Crippen molar-refractivity contribution in [2.45, 2.75) is 20.0 Å². The molecule has 1 amide bonds. The van der Waals surface area contributed by atoms with Crippen LogP contribution >= 0.6 is 11.6 Å². The number of benzene rings is 2. The van der Waals surface area contributed by atoms with Crippen molar-refractivity contribution in [3.05, 3.63) is 58.4 Å². The lowest BCUT2D eigenvalue weighted by atomic mass is 10.1. The van der Waals surface area contributed by atoms with Crippen LogP contribution in [0.5, 0.6) is 5.75 Å². The molecule has 0 saturated heterocycles. The van der Waals surface area contributed by atoms with E-state index < -0.39 is 23.8 Å². The van der Waals surface area contributed by atoms with Gasteiger partial charge in [0.25, 0.3) is 5.91 Å². The van der Waals surface area contributed by atoms with E-state index in [0.717, 1.165) is 11.6 Å².